The van der Waals surface area contributed by atoms with Gasteiger partial charge in [0.05, 0.1) is 13.2 Å². The summed E-state index contributed by atoms with van der Waals surface area (Å²) < 4.78 is 11.9. The van der Waals surface area contributed by atoms with Gasteiger partial charge in [-0.1, -0.05) is 20.8 Å². The van der Waals surface area contributed by atoms with Gasteiger partial charge >= 0.3 is 0 Å². The van der Waals surface area contributed by atoms with Crippen LogP contribution in [0.3, 0.4) is 0 Å². The number of hydrogen-bond acceptors (Lipinski definition) is 3. The molecule has 96 valence electrons. The maximum atomic E-state index is 12.1. The summed E-state index contributed by atoms with van der Waals surface area (Å²) in [5.41, 5.74) is -0.202. The number of ether oxygens (including phenoxy) is 2. The summed E-state index contributed by atoms with van der Waals surface area (Å²) in [6.07, 6.45) is 3.59. The minimum absolute atomic E-state index is 0.0148. The number of fused-ring (bicyclic) bond motifs is 2. The van der Waals surface area contributed by atoms with Gasteiger partial charge in [0.25, 0.3) is 0 Å². The highest BCUT2D eigenvalue weighted by atomic mass is 16.7. The van der Waals surface area contributed by atoms with Crippen LogP contribution in [-0.2, 0) is 14.3 Å². The van der Waals surface area contributed by atoms with Crippen molar-refractivity contribution < 1.29 is 14.3 Å². The van der Waals surface area contributed by atoms with E-state index < -0.39 is 5.79 Å². The van der Waals surface area contributed by atoms with Crippen molar-refractivity contribution in [3.05, 3.63) is 0 Å². The van der Waals surface area contributed by atoms with E-state index in [0.717, 1.165) is 19.3 Å². The number of hydrogen-bond donors (Lipinski definition) is 0. The maximum absolute atomic E-state index is 12.1. The molecule has 3 aliphatic rings. The van der Waals surface area contributed by atoms with Gasteiger partial charge in [-0.2, -0.15) is 0 Å². The van der Waals surface area contributed by atoms with Crippen molar-refractivity contribution in [1.29, 1.82) is 0 Å². The molecule has 17 heavy (non-hydrogen) atoms. The first kappa shape index (κ1) is 11.7. The molecule has 3 nitrogen and oxygen atoms in total. The van der Waals surface area contributed by atoms with Crippen LogP contribution in [0, 0.1) is 16.7 Å². The molecule has 0 aromatic heterocycles. The number of rotatable bonds is 0. The smallest absolute Gasteiger partial charge is 0.174 e. The zero-order valence-electron chi connectivity index (χ0n) is 11.0. The molecule has 0 amide bonds. The largest absolute Gasteiger partial charge is 0.347 e. The second-order valence-corrected chi connectivity index (χ2v) is 6.60. The van der Waals surface area contributed by atoms with Crippen LogP contribution in [0.5, 0.6) is 0 Å². The van der Waals surface area contributed by atoms with E-state index in [1.807, 2.05) is 0 Å². The third-order valence-corrected chi connectivity index (χ3v) is 5.62. The highest BCUT2D eigenvalue weighted by molar-refractivity contribution is 5.85. The molecule has 2 aliphatic carbocycles. The fourth-order valence-corrected chi connectivity index (χ4v) is 4.54. The van der Waals surface area contributed by atoms with Gasteiger partial charge in [-0.15, -0.1) is 0 Å². The Labute approximate surface area is 103 Å². The summed E-state index contributed by atoms with van der Waals surface area (Å²) in [6, 6.07) is 0. The molecule has 0 N–H and O–H groups in total. The first-order valence-electron chi connectivity index (χ1n) is 6.74. The second-order valence-electron chi connectivity index (χ2n) is 6.60. The van der Waals surface area contributed by atoms with Crippen LogP contribution < -0.4 is 0 Å². The predicted molar refractivity (Wildman–Crippen MR) is 63.5 cm³/mol. The number of ketones is 1. The van der Waals surface area contributed by atoms with E-state index in [4.69, 9.17) is 9.47 Å². The molecule has 0 aromatic carbocycles. The van der Waals surface area contributed by atoms with Gasteiger partial charge < -0.3 is 9.47 Å². The van der Waals surface area contributed by atoms with E-state index in [9.17, 15) is 4.79 Å². The molecule has 3 fully saturated rings. The highest BCUT2D eigenvalue weighted by Crippen LogP contribution is 2.64. The fraction of sp³-hybridized carbons (Fsp3) is 0.929. The van der Waals surface area contributed by atoms with Crippen LogP contribution in [0.2, 0.25) is 0 Å². The molecule has 2 saturated carbocycles. The molecule has 3 rings (SSSR count). The van der Waals surface area contributed by atoms with E-state index in [2.05, 4.69) is 20.8 Å². The quantitative estimate of drug-likeness (QED) is 0.650. The molecule has 0 radical (unpaired) electrons. The number of carbonyl (C=O) groups is 1. The Morgan fingerprint density at radius 2 is 1.76 bits per heavy atom. The van der Waals surface area contributed by atoms with E-state index in [-0.39, 0.29) is 10.8 Å². The predicted octanol–water partition coefficient (Wildman–Crippen LogP) is 2.53. The van der Waals surface area contributed by atoms with Crippen molar-refractivity contribution in [2.24, 2.45) is 16.7 Å². The molecule has 1 aliphatic heterocycles. The van der Waals surface area contributed by atoms with Crippen LogP contribution in [0.25, 0.3) is 0 Å². The van der Waals surface area contributed by atoms with Crippen molar-refractivity contribution in [3.8, 4) is 0 Å². The van der Waals surface area contributed by atoms with Crippen molar-refractivity contribution in [1.82, 2.24) is 0 Å². The SMILES string of the molecule is CC1(C)C(=O)CC[C@]2(C)[C@H]1CCC21OCCO1. The normalized spacial score (nSPS) is 43.0. The van der Waals surface area contributed by atoms with E-state index in [1.165, 1.54) is 0 Å². The number of Topliss-reactive ketones (excluding diaryl/α,β-unsaturated/α-hetero) is 1. The average molecular weight is 238 g/mol. The molecule has 1 saturated heterocycles. The highest BCUT2D eigenvalue weighted by Gasteiger charge is 2.66. The fourth-order valence-electron chi connectivity index (χ4n) is 4.54. The third-order valence-electron chi connectivity index (χ3n) is 5.62. The standard InChI is InChI=1S/C14H22O3/c1-12(2)10-4-7-14(16-8-9-17-14)13(10,3)6-5-11(12)15/h10H,4-9H2,1-3H3/t10-,13+/m0/s1. The van der Waals surface area contributed by atoms with Crippen molar-refractivity contribution in [2.45, 2.75) is 52.2 Å². The zero-order valence-corrected chi connectivity index (χ0v) is 11.0. The molecule has 3 heteroatoms. The van der Waals surface area contributed by atoms with Crippen LogP contribution in [0.4, 0.5) is 0 Å². The van der Waals surface area contributed by atoms with Crippen LogP contribution in [0.15, 0.2) is 0 Å². The Balaban J connectivity index is 2.01. The Morgan fingerprint density at radius 3 is 2.41 bits per heavy atom. The Morgan fingerprint density at radius 1 is 1.12 bits per heavy atom. The molecule has 0 unspecified atom stereocenters. The van der Waals surface area contributed by atoms with Gasteiger partial charge in [0.2, 0.25) is 0 Å². The summed E-state index contributed by atoms with van der Waals surface area (Å²) in [6.45, 7) is 7.88. The van der Waals surface area contributed by atoms with Gasteiger partial charge in [-0.3, -0.25) is 4.79 Å². The summed E-state index contributed by atoms with van der Waals surface area (Å²) in [4.78, 5) is 12.1. The van der Waals surface area contributed by atoms with E-state index in [1.54, 1.807) is 0 Å². The van der Waals surface area contributed by atoms with Crippen molar-refractivity contribution >= 4 is 5.78 Å². The lowest BCUT2D eigenvalue weighted by molar-refractivity contribution is -0.237. The van der Waals surface area contributed by atoms with E-state index >= 15 is 0 Å². The van der Waals surface area contributed by atoms with Gasteiger partial charge in [-0.25, -0.2) is 0 Å². The molecular formula is C14H22O3. The topological polar surface area (TPSA) is 35.5 Å². The van der Waals surface area contributed by atoms with Gasteiger partial charge in [0, 0.05) is 23.7 Å². The summed E-state index contributed by atoms with van der Waals surface area (Å²) in [7, 11) is 0. The lowest BCUT2D eigenvalue weighted by atomic mass is 9.56. The Kier molecular flexibility index (Phi) is 2.28. The summed E-state index contributed by atoms with van der Waals surface area (Å²) in [5, 5.41) is 0. The molecule has 1 spiro atoms. The van der Waals surface area contributed by atoms with Gasteiger partial charge in [0.1, 0.15) is 5.78 Å². The van der Waals surface area contributed by atoms with Crippen molar-refractivity contribution in [2.75, 3.05) is 13.2 Å². The number of carbonyl (C=O) groups excluding carboxylic acids is 1. The zero-order chi connectivity index (χ0) is 12.3. The Hall–Kier alpha value is -0.410. The average Bonchev–Trinajstić information content (AvgIpc) is 2.84. The maximum Gasteiger partial charge on any atom is 0.174 e. The molecule has 0 aromatic rings. The molecule has 2 atom stereocenters. The minimum Gasteiger partial charge on any atom is -0.347 e. The van der Waals surface area contributed by atoms with Crippen LogP contribution in [-0.4, -0.2) is 24.8 Å². The minimum atomic E-state index is -0.393. The van der Waals surface area contributed by atoms with Crippen molar-refractivity contribution in [3.63, 3.8) is 0 Å². The molecule has 0 bridgehead atoms. The summed E-state index contributed by atoms with van der Waals surface area (Å²) >= 11 is 0. The lowest BCUT2D eigenvalue weighted by Crippen LogP contribution is -2.54. The van der Waals surface area contributed by atoms with E-state index in [0.29, 0.717) is 31.3 Å². The monoisotopic (exact) mass is 238 g/mol. The first-order valence-corrected chi connectivity index (χ1v) is 6.74. The van der Waals surface area contributed by atoms with Gasteiger partial charge in [0.15, 0.2) is 5.79 Å². The Bertz CT molecular complexity index is 354. The van der Waals surface area contributed by atoms with Crippen LogP contribution >= 0.6 is 0 Å². The third kappa shape index (κ3) is 1.27. The first-order chi connectivity index (χ1) is 7.92. The molecular weight excluding hydrogens is 216 g/mol. The lowest BCUT2D eigenvalue weighted by Gasteiger charge is -2.50. The second kappa shape index (κ2) is 3.33. The molecule has 1 heterocycles. The summed E-state index contributed by atoms with van der Waals surface area (Å²) in [5.74, 6) is 0.416. The van der Waals surface area contributed by atoms with Gasteiger partial charge in [-0.05, 0) is 18.8 Å². The van der Waals surface area contributed by atoms with Crippen LogP contribution in [0.1, 0.15) is 46.5 Å².